The van der Waals surface area contributed by atoms with E-state index >= 15 is 0 Å². The third-order valence-corrected chi connectivity index (χ3v) is 4.98. The second-order valence-corrected chi connectivity index (χ2v) is 6.73. The van der Waals surface area contributed by atoms with Gasteiger partial charge in [0.2, 0.25) is 5.91 Å². The predicted molar refractivity (Wildman–Crippen MR) is 100 cm³/mol. The zero-order valence-electron chi connectivity index (χ0n) is 14.2. The van der Waals surface area contributed by atoms with Gasteiger partial charge in [0.05, 0.1) is 11.1 Å². The van der Waals surface area contributed by atoms with Crippen molar-refractivity contribution in [3.63, 3.8) is 0 Å². The molecule has 3 amide bonds. The van der Waals surface area contributed by atoms with E-state index in [9.17, 15) is 14.0 Å². The number of carbonyl (C=O) groups excluding carboxylic acids is 2. The highest BCUT2D eigenvalue weighted by Gasteiger charge is 2.45. The fourth-order valence-corrected chi connectivity index (χ4v) is 3.23. The molecule has 0 spiro atoms. The molecule has 2 aromatic rings. The summed E-state index contributed by atoms with van der Waals surface area (Å²) in [5.74, 6) is -0.803. The van der Waals surface area contributed by atoms with Gasteiger partial charge in [-0.25, -0.2) is 9.18 Å². The van der Waals surface area contributed by atoms with Gasteiger partial charge in [-0.2, -0.15) is 0 Å². The topological polar surface area (TPSA) is 70.2 Å². The lowest BCUT2D eigenvalue weighted by Crippen LogP contribution is -2.46. The van der Waals surface area contributed by atoms with Gasteiger partial charge >= 0.3 is 6.03 Å². The molecule has 0 bridgehead atoms. The lowest BCUT2D eigenvalue weighted by molar-refractivity contribution is -0.124. The van der Waals surface area contributed by atoms with Gasteiger partial charge < -0.3 is 16.0 Å². The molecule has 26 heavy (non-hydrogen) atoms. The lowest BCUT2D eigenvalue weighted by atomic mass is 9.63. The Morgan fingerprint density at radius 2 is 1.77 bits per heavy atom. The molecule has 5 nitrogen and oxygen atoms in total. The lowest BCUT2D eigenvalue weighted by Gasteiger charge is -2.40. The van der Waals surface area contributed by atoms with Crippen LogP contribution in [0.3, 0.4) is 0 Å². The van der Waals surface area contributed by atoms with Gasteiger partial charge in [0, 0.05) is 17.8 Å². The van der Waals surface area contributed by atoms with E-state index in [0.29, 0.717) is 18.5 Å². The number of amides is 3. The largest absolute Gasteiger partial charge is 0.341 e. The van der Waals surface area contributed by atoms with Crippen molar-refractivity contribution in [3.8, 4) is 0 Å². The van der Waals surface area contributed by atoms with E-state index in [1.807, 2.05) is 12.1 Å². The standard InChI is InChI=1S/C19H19ClFN3O2/c1-22-18(26)23-14-6-3-12(4-7-14)19(9-2-10-19)17(25)24-16-8-5-13(20)11-15(16)21/h3-8,11H,2,9-10H2,1H3,(H,24,25)(H2,22,23,26). The first-order valence-electron chi connectivity index (χ1n) is 8.30. The van der Waals surface area contributed by atoms with Crippen LogP contribution >= 0.6 is 11.6 Å². The van der Waals surface area contributed by atoms with E-state index < -0.39 is 11.2 Å². The first-order valence-corrected chi connectivity index (χ1v) is 8.68. The zero-order valence-corrected chi connectivity index (χ0v) is 15.0. The van der Waals surface area contributed by atoms with Gasteiger partial charge in [-0.05, 0) is 48.7 Å². The van der Waals surface area contributed by atoms with Crippen LogP contribution in [0.1, 0.15) is 24.8 Å². The number of anilines is 2. The maximum absolute atomic E-state index is 14.0. The minimum atomic E-state index is -0.683. The maximum Gasteiger partial charge on any atom is 0.318 e. The third-order valence-electron chi connectivity index (χ3n) is 4.74. The third kappa shape index (κ3) is 3.51. The van der Waals surface area contributed by atoms with Crippen molar-refractivity contribution >= 4 is 34.9 Å². The van der Waals surface area contributed by atoms with Crippen molar-refractivity contribution in [3.05, 3.63) is 58.9 Å². The summed E-state index contributed by atoms with van der Waals surface area (Å²) in [4.78, 5) is 24.2. The van der Waals surface area contributed by atoms with Crippen LogP contribution in [-0.4, -0.2) is 19.0 Å². The number of urea groups is 1. The smallest absolute Gasteiger partial charge is 0.318 e. The summed E-state index contributed by atoms with van der Waals surface area (Å²) in [5.41, 5.74) is 0.908. The number of carbonyl (C=O) groups is 2. The Morgan fingerprint density at radius 1 is 1.08 bits per heavy atom. The molecule has 2 aromatic carbocycles. The normalized spacial score (nSPS) is 14.9. The van der Waals surface area contributed by atoms with E-state index in [4.69, 9.17) is 11.6 Å². The molecule has 1 fully saturated rings. The minimum absolute atomic E-state index is 0.114. The molecule has 0 saturated heterocycles. The van der Waals surface area contributed by atoms with Crippen LogP contribution in [0, 0.1) is 5.82 Å². The molecule has 1 saturated carbocycles. The summed E-state index contributed by atoms with van der Waals surface area (Å²) < 4.78 is 14.0. The summed E-state index contributed by atoms with van der Waals surface area (Å²) in [6, 6.07) is 11.0. The average molecular weight is 376 g/mol. The molecule has 1 aliphatic rings. The fraction of sp³-hybridized carbons (Fsp3) is 0.263. The highest BCUT2D eigenvalue weighted by Crippen LogP contribution is 2.45. The number of halogens is 2. The van der Waals surface area contributed by atoms with Gasteiger partial charge in [-0.1, -0.05) is 30.2 Å². The van der Waals surface area contributed by atoms with Gasteiger partial charge in [0.1, 0.15) is 5.82 Å². The Morgan fingerprint density at radius 3 is 2.31 bits per heavy atom. The first-order chi connectivity index (χ1) is 12.4. The van der Waals surface area contributed by atoms with Gasteiger partial charge in [-0.15, -0.1) is 0 Å². The Hall–Kier alpha value is -2.60. The van der Waals surface area contributed by atoms with Crippen molar-refractivity contribution in [2.75, 3.05) is 17.7 Å². The molecule has 0 radical (unpaired) electrons. The van der Waals surface area contributed by atoms with E-state index in [1.165, 1.54) is 25.2 Å². The zero-order chi connectivity index (χ0) is 18.7. The van der Waals surface area contributed by atoms with Gasteiger partial charge in [0.15, 0.2) is 0 Å². The highest BCUT2D eigenvalue weighted by atomic mass is 35.5. The Kier molecular flexibility index (Phi) is 5.13. The quantitative estimate of drug-likeness (QED) is 0.746. The van der Waals surface area contributed by atoms with Crippen molar-refractivity contribution in [1.29, 1.82) is 0 Å². The molecule has 0 heterocycles. The van der Waals surface area contributed by atoms with Gasteiger partial charge in [-0.3, -0.25) is 4.79 Å². The first kappa shape index (κ1) is 18.2. The van der Waals surface area contributed by atoms with E-state index in [1.54, 1.807) is 12.1 Å². The van der Waals surface area contributed by atoms with Crippen LogP contribution in [0.2, 0.25) is 5.02 Å². The summed E-state index contributed by atoms with van der Waals surface area (Å²) in [6.45, 7) is 0. The Labute approximate surface area is 155 Å². The van der Waals surface area contributed by atoms with Crippen LogP contribution in [0.15, 0.2) is 42.5 Å². The van der Waals surface area contributed by atoms with E-state index in [-0.39, 0.29) is 22.6 Å². The average Bonchev–Trinajstić information content (AvgIpc) is 2.58. The summed E-state index contributed by atoms with van der Waals surface area (Å²) in [7, 11) is 1.54. The second kappa shape index (κ2) is 7.33. The number of benzene rings is 2. The fourth-order valence-electron chi connectivity index (χ4n) is 3.08. The number of nitrogens with one attached hydrogen (secondary N) is 3. The van der Waals surface area contributed by atoms with Crippen LogP contribution in [0.4, 0.5) is 20.6 Å². The SMILES string of the molecule is CNC(=O)Nc1ccc(C2(C(=O)Nc3ccc(Cl)cc3F)CCC2)cc1. The Balaban J connectivity index is 1.79. The molecule has 1 aliphatic carbocycles. The molecular formula is C19H19ClFN3O2. The van der Waals surface area contributed by atoms with Crippen LogP contribution in [-0.2, 0) is 10.2 Å². The highest BCUT2D eigenvalue weighted by molar-refractivity contribution is 6.30. The minimum Gasteiger partial charge on any atom is -0.341 e. The van der Waals surface area contributed by atoms with Crippen LogP contribution in [0.25, 0.3) is 0 Å². The molecular weight excluding hydrogens is 357 g/mol. The monoisotopic (exact) mass is 375 g/mol. The van der Waals surface area contributed by atoms with Crippen molar-refractivity contribution in [1.82, 2.24) is 5.32 Å². The number of hydrogen-bond acceptors (Lipinski definition) is 2. The summed E-state index contributed by atoms with van der Waals surface area (Å²) >= 11 is 5.75. The molecule has 3 N–H and O–H groups in total. The summed E-state index contributed by atoms with van der Waals surface area (Å²) in [5, 5.41) is 8.11. The van der Waals surface area contributed by atoms with Crippen LogP contribution in [0.5, 0.6) is 0 Å². The molecule has 0 atom stereocenters. The van der Waals surface area contributed by atoms with E-state index in [0.717, 1.165) is 12.0 Å². The molecule has 0 aromatic heterocycles. The Bertz CT molecular complexity index is 835. The number of hydrogen-bond donors (Lipinski definition) is 3. The summed E-state index contributed by atoms with van der Waals surface area (Å²) in [6.07, 6.45) is 2.31. The number of rotatable bonds is 4. The van der Waals surface area contributed by atoms with Gasteiger partial charge in [0.25, 0.3) is 0 Å². The van der Waals surface area contributed by atoms with E-state index in [2.05, 4.69) is 16.0 Å². The van der Waals surface area contributed by atoms with Crippen molar-refractivity contribution in [2.24, 2.45) is 0 Å². The van der Waals surface area contributed by atoms with Crippen molar-refractivity contribution in [2.45, 2.75) is 24.7 Å². The second-order valence-electron chi connectivity index (χ2n) is 6.30. The molecule has 0 aliphatic heterocycles. The maximum atomic E-state index is 14.0. The molecule has 7 heteroatoms. The molecule has 3 rings (SSSR count). The predicted octanol–water partition coefficient (Wildman–Crippen LogP) is 4.29. The molecule has 136 valence electrons. The molecule has 0 unspecified atom stereocenters. The van der Waals surface area contributed by atoms with Crippen molar-refractivity contribution < 1.29 is 14.0 Å². The van der Waals surface area contributed by atoms with Crippen LogP contribution < -0.4 is 16.0 Å².